The first-order valence-electron chi connectivity index (χ1n) is 8.25. The Balaban J connectivity index is 1.75. The van der Waals surface area contributed by atoms with E-state index in [-0.39, 0.29) is 0 Å². The third-order valence-corrected chi connectivity index (χ3v) is 5.44. The van der Waals surface area contributed by atoms with Crippen molar-refractivity contribution in [3.05, 3.63) is 73.4 Å². The van der Waals surface area contributed by atoms with Crippen LogP contribution in [-0.4, -0.2) is 14.9 Å². The zero-order valence-corrected chi connectivity index (χ0v) is 18.8. The quantitative estimate of drug-likeness (QED) is 0.401. The maximum absolute atomic E-state index is 6.11. The number of hydrogen-bond donors (Lipinski definition) is 2. The molecule has 0 aliphatic heterocycles. The van der Waals surface area contributed by atoms with Gasteiger partial charge in [-0.25, -0.2) is 0 Å². The van der Waals surface area contributed by atoms with E-state index in [1.165, 1.54) is 0 Å². The third-order valence-electron chi connectivity index (χ3n) is 4.06. The molecule has 2 aromatic carbocycles. The molecule has 28 heavy (non-hydrogen) atoms. The number of benzene rings is 2. The molecule has 3 rings (SSSR count). The van der Waals surface area contributed by atoms with Crippen LogP contribution in [0.25, 0.3) is 0 Å². The fourth-order valence-electron chi connectivity index (χ4n) is 2.74. The summed E-state index contributed by atoms with van der Waals surface area (Å²) in [5.41, 5.74) is 4.31. The Hall–Kier alpha value is -1.50. The van der Waals surface area contributed by atoms with Crippen molar-refractivity contribution in [2.45, 2.75) is 20.4 Å². The number of anilines is 2. The Labute approximate surface area is 188 Å². The summed E-state index contributed by atoms with van der Waals surface area (Å²) in [7, 11) is 0. The van der Waals surface area contributed by atoms with Crippen LogP contribution in [0.5, 0.6) is 0 Å². The van der Waals surface area contributed by atoms with Crippen molar-refractivity contribution in [2.24, 2.45) is 0 Å². The maximum Gasteiger partial charge on any atom is 0.175 e. The molecule has 4 nitrogen and oxygen atoms in total. The van der Waals surface area contributed by atoms with Crippen molar-refractivity contribution >= 4 is 75.1 Å². The monoisotopic (exact) mass is 472 g/mol. The molecule has 0 saturated heterocycles. The summed E-state index contributed by atoms with van der Waals surface area (Å²) in [6.07, 6.45) is 0. The minimum Gasteiger partial charge on any atom is -0.332 e. The first-order valence-corrected chi connectivity index (χ1v) is 10.2. The first-order chi connectivity index (χ1) is 13.2. The van der Waals surface area contributed by atoms with E-state index in [2.05, 4.69) is 15.7 Å². The predicted molar refractivity (Wildman–Crippen MR) is 124 cm³/mol. The average Bonchev–Trinajstić information content (AvgIpc) is 2.84. The van der Waals surface area contributed by atoms with Crippen LogP contribution in [0.3, 0.4) is 0 Å². The van der Waals surface area contributed by atoms with Gasteiger partial charge < -0.3 is 10.6 Å². The Morgan fingerprint density at radius 1 is 0.964 bits per heavy atom. The molecule has 2 N–H and O–H groups in total. The molecular weight excluding hydrogens is 458 g/mol. The van der Waals surface area contributed by atoms with Gasteiger partial charge in [0.25, 0.3) is 0 Å². The molecule has 0 aliphatic rings. The van der Waals surface area contributed by atoms with Crippen LogP contribution in [0.1, 0.15) is 17.0 Å². The molecule has 146 valence electrons. The van der Waals surface area contributed by atoms with Crippen LogP contribution >= 0.6 is 58.6 Å². The Morgan fingerprint density at radius 3 is 2.29 bits per heavy atom. The van der Waals surface area contributed by atoms with E-state index in [1.807, 2.05) is 30.7 Å². The van der Waals surface area contributed by atoms with Gasteiger partial charge in [0.1, 0.15) is 0 Å². The van der Waals surface area contributed by atoms with E-state index in [0.29, 0.717) is 37.4 Å². The molecule has 1 heterocycles. The average molecular weight is 474 g/mol. The van der Waals surface area contributed by atoms with E-state index in [9.17, 15) is 0 Å². The number of thiocarbonyl (C=S) groups is 1. The molecule has 0 spiro atoms. The number of aromatic nitrogens is 2. The Bertz CT molecular complexity index is 1030. The summed E-state index contributed by atoms with van der Waals surface area (Å²) in [5, 5.41) is 13.4. The zero-order valence-electron chi connectivity index (χ0n) is 15.0. The predicted octanol–water partition coefficient (Wildman–Crippen LogP) is 6.97. The van der Waals surface area contributed by atoms with Crippen molar-refractivity contribution in [1.82, 2.24) is 9.78 Å². The minimum atomic E-state index is 0.415. The number of nitrogens with one attached hydrogen (secondary N) is 2. The molecular formula is C19H16Cl4N4S. The van der Waals surface area contributed by atoms with Gasteiger partial charge >= 0.3 is 0 Å². The van der Waals surface area contributed by atoms with Crippen LogP contribution in [-0.2, 0) is 6.54 Å². The first kappa shape index (κ1) is 21.2. The van der Waals surface area contributed by atoms with Gasteiger partial charge in [0, 0.05) is 15.7 Å². The van der Waals surface area contributed by atoms with Crippen molar-refractivity contribution in [1.29, 1.82) is 0 Å². The highest BCUT2D eigenvalue weighted by atomic mass is 35.5. The van der Waals surface area contributed by atoms with Crippen molar-refractivity contribution < 1.29 is 0 Å². The molecule has 0 unspecified atom stereocenters. The van der Waals surface area contributed by atoms with Gasteiger partial charge in [0.05, 0.1) is 33.7 Å². The van der Waals surface area contributed by atoms with Gasteiger partial charge in [-0.05, 0) is 62.0 Å². The van der Waals surface area contributed by atoms with Crippen molar-refractivity contribution in [3.8, 4) is 0 Å². The number of hydrogen-bond acceptors (Lipinski definition) is 2. The smallest absolute Gasteiger partial charge is 0.175 e. The molecule has 0 radical (unpaired) electrons. The maximum atomic E-state index is 6.11. The van der Waals surface area contributed by atoms with E-state index >= 15 is 0 Å². The summed E-state index contributed by atoms with van der Waals surface area (Å²) < 4.78 is 1.89. The summed E-state index contributed by atoms with van der Waals surface area (Å²) >= 11 is 29.6. The van der Waals surface area contributed by atoms with E-state index in [4.69, 9.17) is 58.6 Å². The van der Waals surface area contributed by atoms with Gasteiger partial charge in [-0.15, -0.1) is 0 Å². The van der Waals surface area contributed by atoms with Crippen LogP contribution in [0, 0.1) is 13.8 Å². The van der Waals surface area contributed by atoms with E-state index in [0.717, 1.165) is 22.6 Å². The molecule has 9 heteroatoms. The Morgan fingerprint density at radius 2 is 1.64 bits per heavy atom. The number of rotatable bonds is 4. The summed E-state index contributed by atoms with van der Waals surface area (Å²) in [6.45, 7) is 4.45. The fourth-order valence-corrected chi connectivity index (χ4v) is 3.81. The summed E-state index contributed by atoms with van der Waals surface area (Å²) in [6, 6.07) is 10.7. The number of aryl methyl sites for hydroxylation is 1. The molecule has 0 fully saturated rings. The van der Waals surface area contributed by atoms with Crippen molar-refractivity contribution in [2.75, 3.05) is 10.6 Å². The highest BCUT2D eigenvalue weighted by molar-refractivity contribution is 7.80. The van der Waals surface area contributed by atoms with Crippen LogP contribution in [0.4, 0.5) is 11.4 Å². The van der Waals surface area contributed by atoms with E-state index in [1.54, 1.807) is 24.3 Å². The second-order valence-corrected chi connectivity index (χ2v) is 8.28. The second kappa shape index (κ2) is 8.89. The van der Waals surface area contributed by atoms with E-state index < -0.39 is 0 Å². The van der Waals surface area contributed by atoms with Crippen molar-refractivity contribution in [3.63, 3.8) is 0 Å². The van der Waals surface area contributed by atoms with Crippen LogP contribution in [0.15, 0.2) is 36.4 Å². The van der Waals surface area contributed by atoms with Gasteiger partial charge in [0.2, 0.25) is 0 Å². The Kier molecular flexibility index (Phi) is 6.73. The standard InChI is InChI=1S/C19H16Cl4N4S/c1-10-18(25-19(28)24-15-7-13(20)6-14(21)8-15)11(2)27(26-10)9-12-3-4-16(22)17(23)5-12/h3-8H,9H2,1-2H3,(H2,24,25,28). The SMILES string of the molecule is Cc1nn(Cc2ccc(Cl)c(Cl)c2)c(C)c1NC(=S)Nc1cc(Cl)cc(Cl)c1. The highest BCUT2D eigenvalue weighted by Crippen LogP contribution is 2.26. The molecule has 0 aliphatic carbocycles. The molecule has 0 bridgehead atoms. The van der Waals surface area contributed by atoms with Gasteiger partial charge in [-0.2, -0.15) is 5.10 Å². The number of nitrogens with zero attached hydrogens (tertiary/aromatic N) is 2. The largest absolute Gasteiger partial charge is 0.332 e. The number of halogens is 4. The normalized spacial score (nSPS) is 10.8. The lowest BCUT2D eigenvalue weighted by molar-refractivity contribution is 0.659. The topological polar surface area (TPSA) is 41.9 Å². The zero-order chi connectivity index (χ0) is 20.4. The lowest BCUT2D eigenvalue weighted by Gasteiger charge is -2.12. The van der Waals surface area contributed by atoms with Crippen LogP contribution in [0.2, 0.25) is 20.1 Å². The third kappa shape index (κ3) is 5.10. The van der Waals surface area contributed by atoms with Gasteiger partial charge in [-0.1, -0.05) is 52.5 Å². The summed E-state index contributed by atoms with van der Waals surface area (Å²) in [4.78, 5) is 0. The molecule has 3 aromatic rings. The molecule has 0 saturated carbocycles. The molecule has 0 amide bonds. The molecule has 0 atom stereocenters. The molecule has 1 aromatic heterocycles. The lowest BCUT2D eigenvalue weighted by atomic mass is 10.2. The van der Waals surface area contributed by atoms with Crippen LogP contribution < -0.4 is 10.6 Å². The second-order valence-electron chi connectivity index (χ2n) is 6.19. The van der Waals surface area contributed by atoms with Gasteiger partial charge in [-0.3, -0.25) is 4.68 Å². The fraction of sp³-hybridized carbons (Fsp3) is 0.158. The highest BCUT2D eigenvalue weighted by Gasteiger charge is 2.14. The van der Waals surface area contributed by atoms with Gasteiger partial charge in [0.15, 0.2) is 5.11 Å². The summed E-state index contributed by atoms with van der Waals surface area (Å²) in [5.74, 6) is 0. The lowest BCUT2D eigenvalue weighted by Crippen LogP contribution is -2.20. The minimum absolute atomic E-state index is 0.415.